The van der Waals surface area contributed by atoms with Gasteiger partial charge in [0.2, 0.25) is 0 Å². The Labute approximate surface area is 96.9 Å². The summed E-state index contributed by atoms with van der Waals surface area (Å²) >= 11 is 1.73. The molecule has 0 aromatic heterocycles. The summed E-state index contributed by atoms with van der Waals surface area (Å²) in [6.07, 6.45) is 0.844. The Morgan fingerprint density at radius 2 is 1.87 bits per heavy atom. The Morgan fingerprint density at radius 1 is 1.27 bits per heavy atom. The minimum absolute atomic E-state index is 0.193. The van der Waals surface area contributed by atoms with E-state index in [1.54, 1.807) is 11.8 Å². The van der Waals surface area contributed by atoms with Gasteiger partial charge in [-0.1, -0.05) is 38.0 Å². The molecule has 0 saturated carbocycles. The van der Waals surface area contributed by atoms with Gasteiger partial charge in [0.1, 0.15) is 0 Å². The Morgan fingerprint density at radius 3 is 2.40 bits per heavy atom. The first-order chi connectivity index (χ1) is 7.13. The number of benzene rings is 1. The summed E-state index contributed by atoms with van der Waals surface area (Å²) in [4.78, 5) is 1.24. The molecule has 1 aromatic carbocycles. The topological polar surface area (TPSA) is 20.2 Å². The number of thioether (sulfide) groups is 1. The van der Waals surface area contributed by atoms with E-state index in [1.165, 1.54) is 10.5 Å². The predicted molar refractivity (Wildman–Crippen MR) is 67.4 cm³/mol. The van der Waals surface area contributed by atoms with Crippen molar-refractivity contribution in [2.24, 2.45) is 5.92 Å². The maximum Gasteiger partial charge on any atom is 0.0659 e. The van der Waals surface area contributed by atoms with Crippen LogP contribution in [-0.4, -0.2) is 17.0 Å². The van der Waals surface area contributed by atoms with Crippen molar-refractivity contribution >= 4 is 11.8 Å². The van der Waals surface area contributed by atoms with E-state index in [-0.39, 0.29) is 6.10 Å². The number of aliphatic hydroxyl groups is 1. The fourth-order valence-corrected chi connectivity index (χ4v) is 2.27. The van der Waals surface area contributed by atoms with Gasteiger partial charge in [0, 0.05) is 10.6 Å². The summed E-state index contributed by atoms with van der Waals surface area (Å²) in [6, 6.07) is 8.45. The molecule has 0 radical (unpaired) electrons. The summed E-state index contributed by atoms with van der Waals surface area (Å²) in [6.45, 7) is 6.30. The molecule has 1 nitrogen and oxygen atoms in total. The maximum absolute atomic E-state index is 9.81. The summed E-state index contributed by atoms with van der Waals surface area (Å²) in [5, 5.41) is 9.81. The van der Waals surface area contributed by atoms with Crippen LogP contribution in [-0.2, 0) is 0 Å². The van der Waals surface area contributed by atoms with E-state index in [0.717, 1.165) is 12.2 Å². The van der Waals surface area contributed by atoms with E-state index >= 15 is 0 Å². The van der Waals surface area contributed by atoms with Gasteiger partial charge >= 0.3 is 0 Å². The van der Waals surface area contributed by atoms with Crippen molar-refractivity contribution in [3.63, 3.8) is 0 Å². The van der Waals surface area contributed by atoms with E-state index in [9.17, 15) is 5.11 Å². The van der Waals surface area contributed by atoms with Crippen molar-refractivity contribution in [3.05, 3.63) is 29.8 Å². The summed E-state index contributed by atoms with van der Waals surface area (Å²) < 4.78 is 0. The minimum Gasteiger partial charge on any atom is -0.392 e. The van der Waals surface area contributed by atoms with Crippen molar-refractivity contribution in [2.75, 3.05) is 5.75 Å². The lowest BCUT2D eigenvalue weighted by Gasteiger charge is -2.16. The summed E-state index contributed by atoms with van der Waals surface area (Å²) in [5.74, 6) is 1.18. The molecule has 0 aliphatic heterocycles. The Kier molecular flexibility index (Phi) is 5.20. The Bertz CT molecular complexity index is 281. The van der Waals surface area contributed by atoms with E-state index in [2.05, 4.69) is 45.0 Å². The van der Waals surface area contributed by atoms with Crippen molar-refractivity contribution in [1.82, 2.24) is 0 Å². The second kappa shape index (κ2) is 6.19. The highest BCUT2D eigenvalue weighted by Gasteiger charge is 2.12. The zero-order valence-electron chi connectivity index (χ0n) is 9.73. The maximum atomic E-state index is 9.81. The zero-order chi connectivity index (χ0) is 11.3. The average molecular weight is 224 g/mol. The van der Waals surface area contributed by atoms with Crippen LogP contribution in [0, 0.1) is 12.8 Å². The predicted octanol–water partition coefficient (Wildman–Crippen LogP) is 3.49. The molecule has 1 N–H and O–H groups in total. The molecule has 0 saturated heterocycles. The van der Waals surface area contributed by atoms with Crippen LogP contribution >= 0.6 is 11.8 Å². The van der Waals surface area contributed by atoms with Gasteiger partial charge in [-0.05, 0) is 25.0 Å². The molecule has 84 valence electrons. The Balaban J connectivity index is 2.40. The third-order valence-electron chi connectivity index (χ3n) is 2.74. The molecular weight excluding hydrogens is 204 g/mol. The first kappa shape index (κ1) is 12.6. The quantitative estimate of drug-likeness (QED) is 0.773. The number of rotatable bonds is 5. The summed E-state index contributed by atoms with van der Waals surface area (Å²) in [7, 11) is 0. The van der Waals surface area contributed by atoms with Crippen LogP contribution in [0.3, 0.4) is 0 Å². The second-order valence-electron chi connectivity index (χ2n) is 4.08. The second-order valence-corrected chi connectivity index (χ2v) is 5.17. The molecule has 0 fully saturated rings. The van der Waals surface area contributed by atoms with Gasteiger partial charge < -0.3 is 5.11 Å². The SMILES string of the molecule is CCC(C)C(O)CSc1ccc(C)cc1. The normalized spacial score (nSPS) is 14.9. The molecule has 0 bridgehead atoms. The standard InChI is InChI=1S/C13H20OS/c1-4-11(3)13(14)9-15-12-7-5-10(2)6-8-12/h5-8,11,13-14H,4,9H2,1-3H3. The fourth-order valence-electron chi connectivity index (χ4n) is 1.25. The number of aryl methyl sites for hydroxylation is 1. The molecular formula is C13H20OS. The minimum atomic E-state index is -0.193. The van der Waals surface area contributed by atoms with Crippen molar-refractivity contribution < 1.29 is 5.11 Å². The van der Waals surface area contributed by atoms with Crippen LogP contribution in [0.1, 0.15) is 25.8 Å². The van der Waals surface area contributed by atoms with Gasteiger partial charge in [-0.3, -0.25) is 0 Å². The van der Waals surface area contributed by atoms with Gasteiger partial charge in [0.05, 0.1) is 6.10 Å². The molecule has 2 atom stereocenters. The van der Waals surface area contributed by atoms with Crippen molar-refractivity contribution in [3.8, 4) is 0 Å². The first-order valence-corrected chi connectivity index (χ1v) is 6.49. The van der Waals surface area contributed by atoms with Gasteiger partial charge in [-0.15, -0.1) is 11.8 Å². The number of hydrogen-bond donors (Lipinski definition) is 1. The third-order valence-corrected chi connectivity index (χ3v) is 3.86. The van der Waals surface area contributed by atoms with Crippen LogP contribution in [0.15, 0.2) is 29.2 Å². The van der Waals surface area contributed by atoms with E-state index < -0.39 is 0 Å². The van der Waals surface area contributed by atoms with Crippen molar-refractivity contribution in [2.45, 2.75) is 38.2 Å². The highest BCUT2D eigenvalue weighted by molar-refractivity contribution is 7.99. The first-order valence-electron chi connectivity index (χ1n) is 5.51. The monoisotopic (exact) mass is 224 g/mol. The lowest BCUT2D eigenvalue weighted by Crippen LogP contribution is -2.19. The van der Waals surface area contributed by atoms with Crippen LogP contribution in [0.25, 0.3) is 0 Å². The third kappa shape index (κ3) is 4.27. The van der Waals surface area contributed by atoms with Gasteiger partial charge in [0.15, 0.2) is 0 Å². The molecule has 0 amide bonds. The average Bonchev–Trinajstić information content (AvgIpc) is 2.26. The molecule has 1 aromatic rings. The highest BCUT2D eigenvalue weighted by Crippen LogP contribution is 2.21. The molecule has 0 heterocycles. The van der Waals surface area contributed by atoms with Crippen molar-refractivity contribution in [1.29, 1.82) is 0 Å². The highest BCUT2D eigenvalue weighted by atomic mass is 32.2. The van der Waals surface area contributed by atoms with Crippen LogP contribution in [0.5, 0.6) is 0 Å². The fraction of sp³-hybridized carbons (Fsp3) is 0.538. The molecule has 0 aliphatic rings. The van der Waals surface area contributed by atoms with Gasteiger partial charge in [-0.2, -0.15) is 0 Å². The number of hydrogen-bond acceptors (Lipinski definition) is 2. The van der Waals surface area contributed by atoms with Gasteiger partial charge in [0.25, 0.3) is 0 Å². The lowest BCUT2D eigenvalue weighted by atomic mass is 10.0. The zero-order valence-corrected chi connectivity index (χ0v) is 10.6. The molecule has 2 heteroatoms. The van der Waals surface area contributed by atoms with Crippen LogP contribution in [0.4, 0.5) is 0 Å². The van der Waals surface area contributed by atoms with E-state index in [1.807, 2.05) is 0 Å². The summed E-state index contributed by atoms with van der Waals surface area (Å²) in [5.41, 5.74) is 1.28. The van der Waals surface area contributed by atoms with Crippen LogP contribution < -0.4 is 0 Å². The van der Waals surface area contributed by atoms with Gasteiger partial charge in [-0.25, -0.2) is 0 Å². The molecule has 1 rings (SSSR count). The van der Waals surface area contributed by atoms with Crippen LogP contribution in [0.2, 0.25) is 0 Å². The lowest BCUT2D eigenvalue weighted by molar-refractivity contribution is 0.137. The Hall–Kier alpha value is -0.470. The largest absolute Gasteiger partial charge is 0.392 e. The number of aliphatic hydroxyl groups excluding tert-OH is 1. The molecule has 15 heavy (non-hydrogen) atoms. The smallest absolute Gasteiger partial charge is 0.0659 e. The molecule has 2 unspecified atom stereocenters. The molecule has 0 aliphatic carbocycles. The van der Waals surface area contributed by atoms with E-state index in [4.69, 9.17) is 0 Å². The van der Waals surface area contributed by atoms with E-state index in [0.29, 0.717) is 5.92 Å². The molecule has 0 spiro atoms.